The van der Waals surface area contributed by atoms with Crippen LogP contribution in [0.4, 0.5) is 0 Å². The molecule has 0 spiro atoms. The van der Waals surface area contributed by atoms with Crippen molar-refractivity contribution in [2.75, 3.05) is 6.61 Å². The number of aromatic carboxylic acids is 1. The fourth-order valence-electron chi connectivity index (χ4n) is 0.896. The highest BCUT2D eigenvalue weighted by Gasteiger charge is 2.11. The summed E-state index contributed by atoms with van der Waals surface area (Å²) in [5.74, 6) is 3.59. The highest BCUT2D eigenvalue weighted by Crippen LogP contribution is 2.11. The monoisotopic (exact) mass is 239 g/mol. The summed E-state index contributed by atoms with van der Waals surface area (Å²) in [5, 5.41) is 8.73. The minimum absolute atomic E-state index is 0.0508. The molecule has 1 rings (SSSR count). The molecule has 0 radical (unpaired) electrons. The van der Waals surface area contributed by atoms with Gasteiger partial charge in [0.05, 0.1) is 12.1 Å². The molecule has 0 amide bonds. The number of carbonyl (C=O) groups is 2. The average molecular weight is 239 g/mol. The SMILES string of the molecule is CCOC(=O)CC#Cc1scnc1C(=O)O. The van der Waals surface area contributed by atoms with E-state index in [1.165, 1.54) is 5.51 Å². The molecule has 0 aliphatic carbocycles. The van der Waals surface area contributed by atoms with Gasteiger partial charge in [-0.05, 0) is 6.92 Å². The highest BCUT2D eigenvalue weighted by atomic mass is 32.1. The topological polar surface area (TPSA) is 76.5 Å². The van der Waals surface area contributed by atoms with E-state index in [2.05, 4.69) is 21.6 Å². The van der Waals surface area contributed by atoms with Crippen molar-refractivity contribution in [3.05, 3.63) is 16.1 Å². The van der Waals surface area contributed by atoms with Gasteiger partial charge in [0.1, 0.15) is 11.3 Å². The van der Waals surface area contributed by atoms with Gasteiger partial charge in [0.25, 0.3) is 0 Å². The molecule has 0 atom stereocenters. The number of carboxylic acid groups (broad SMARTS) is 1. The Bertz CT molecular complexity index is 455. The van der Waals surface area contributed by atoms with Crippen molar-refractivity contribution in [1.82, 2.24) is 4.98 Å². The summed E-state index contributed by atoms with van der Waals surface area (Å²) in [4.78, 5) is 25.6. The Morgan fingerprint density at radius 1 is 1.62 bits per heavy atom. The molecule has 0 unspecified atom stereocenters. The Labute approximate surface area is 96.1 Å². The van der Waals surface area contributed by atoms with Crippen molar-refractivity contribution in [2.45, 2.75) is 13.3 Å². The number of carbonyl (C=O) groups excluding carboxylic acids is 1. The van der Waals surface area contributed by atoms with E-state index in [0.717, 1.165) is 11.3 Å². The maximum Gasteiger partial charge on any atom is 0.356 e. The zero-order valence-corrected chi connectivity index (χ0v) is 9.34. The lowest BCUT2D eigenvalue weighted by Crippen LogP contribution is -2.02. The second-order valence-corrected chi connectivity index (χ2v) is 3.47. The van der Waals surface area contributed by atoms with Crippen LogP contribution in [-0.2, 0) is 9.53 Å². The number of nitrogens with zero attached hydrogens (tertiary/aromatic N) is 1. The molecule has 0 saturated heterocycles. The van der Waals surface area contributed by atoms with Gasteiger partial charge < -0.3 is 9.84 Å². The normalized spacial score (nSPS) is 9.06. The largest absolute Gasteiger partial charge is 0.476 e. The van der Waals surface area contributed by atoms with Crippen LogP contribution >= 0.6 is 11.3 Å². The van der Waals surface area contributed by atoms with E-state index in [1.807, 2.05) is 0 Å². The number of rotatable bonds is 3. The van der Waals surface area contributed by atoms with E-state index >= 15 is 0 Å². The van der Waals surface area contributed by atoms with Crippen molar-refractivity contribution in [3.63, 3.8) is 0 Å². The predicted molar refractivity (Wildman–Crippen MR) is 57.2 cm³/mol. The second-order valence-electron chi connectivity index (χ2n) is 2.62. The van der Waals surface area contributed by atoms with Crippen LogP contribution in [0.3, 0.4) is 0 Å². The van der Waals surface area contributed by atoms with Gasteiger partial charge >= 0.3 is 11.9 Å². The molecule has 0 bridgehead atoms. The summed E-state index contributed by atoms with van der Waals surface area (Å²) in [5.41, 5.74) is 1.32. The standard InChI is InChI=1S/C10H9NO4S/c1-2-15-8(12)5-3-4-7-9(10(13)14)11-6-16-7/h6H,2,5H2,1H3,(H,13,14). The maximum atomic E-state index is 10.9. The Balaban J connectivity index is 2.66. The Hall–Kier alpha value is -1.87. The van der Waals surface area contributed by atoms with Crippen LogP contribution < -0.4 is 0 Å². The molecule has 1 aromatic rings. The van der Waals surface area contributed by atoms with Gasteiger partial charge in [-0.2, -0.15) is 0 Å². The van der Waals surface area contributed by atoms with Crippen LogP contribution in [0.2, 0.25) is 0 Å². The van der Waals surface area contributed by atoms with Gasteiger partial charge in [0.15, 0.2) is 5.69 Å². The summed E-state index contributed by atoms with van der Waals surface area (Å²) in [6.07, 6.45) is -0.0508. The molecule has 5 nitrogen and oxygen atoms in total. The van der Waals surface area contributed by atoms with E-state index in [-0.39, 0.29) is 12.1 Å². The third-order valence-electron chi connectivity index (χ3n) is 1.51. The first kappa shape index (κ1) is 12.2. The molecule has 0 fully saturated rings. The smallest absolute Gasteiger partial charge is 0.356 e. The lowest BCUT2D eigenvalue weighted by Gasteiger charge is -1.94. The van der Waals surface area contributed by atoms with Crippen LogP contribution in [0, 0.1) is 11.8 Å². The van der Waals surface area contributed by atoms with Gasteiger partial charge in [-0.3, -0.25) is 4.79 Å². The summed E-state index contributed by atoms with van der Waals surface area (Å²) in [6, 6.07) is 0. The fraction of sp³-hybridized carbons (Fsp3) is 0.300. The van der Waals surface area contributed by atoms with Crippen molar-refractivity contribution in [3.8, 4) is 11.8 Å². The number of ether oxygens (including phenoxy) is 1. The molecule has 1 aromatic heterocycles. The molecule has 16 heavy (non-hydrogen) atoms. The zero-order valence-electron chi connectivity index (χ0n) is 8.52. The Morgan fingerprint density at radius 3 is 3.00 bits per heavy atom. The average Bonchev–Trinajstić information content (AvgIpc) is 2.66. The minimum Gasteiger partial charge on any atom is -0.476 e. The Morgan fingerprint density at radius 2 is 2.38 bits per heavy atom. The lowest BCUT2D eigenvalue weighted by molar-refractivity contribution is -0.141. The van der Waals surface area contributed by atoms with Crippen molar-refractivity contribution in [1.29, 1.82) is 0 Å². The summed E-state index contributed by atoms with van der Waals surface area (Å²) >= 11 is 1.13. The van der Waals surface area contributed by atoms with Crippen LogP contribution in [0.5, 0.6) is 0 Å². The van der Waals surface area contributed by atoms with Gasteiger partial charge in [-0.15, -0.1) is 11.3 Å². The van der Waals surface area contributed by atoms with Gasteiger partial charge in [-0.1, -0.05) is 11.8 Å². The number of aromatic nitrogens is 1. The first-order valence-electron chi connectivity index (χ1n) is 4.46. The third-order valence-corrected chi connectivity index (χ3v) is 2.25. The van der Waals surface area contributed by atoms with E-state index in [9.17, 15) is 9.59 Å². The highest BCUT2D eigenvalue weighted by molar-refractivity contribution is 7.10. The first-order valence-corrected chi connectivity index (χ1v) is 5.34. The minimum atomic E-state index is -1.12. The summed E-state index contributed by atoms with van der Waals surface area (Å²) < 4.78 is 4.67. The molecule has 0 aromatic carbocycles. The maximum absolute atomic E-state index is 10.9. The summed E-state index contributed by atoms with van der Waals surface area (Å²) in [7, 11) is 0. The third kappa shape index (κ3) is 3.37. The zero-order chi connectivity index (χ0) is 12.0. The van der Waals surface area contributed by atoms with Crippen molar-refractivity contribution < 1.29 is 19.4 Å². The van der Waals surface area contributed by atoms with Gasteiger partial charge in [-0.25, -0.2) is 9.78 Å². The molecule has 0 aliphatic heterocycles. The van der Waals surface area contributed by atoms with E-state index < -0.39 is 11.9 Å². The van der Waals surface area contributed by atoms with E-state index in [4.69, 9.17) is 5.11 Å². The molecule has 0 aliphatic rings. The van der Waals surface area contributed by atoms with Crippen LogP contribution in [0.1, 0.15) is 28.7 Å². The molecule has 1 heterocycles. The first-order chi connectivity index (χ1) is 7.65. The van der Waals surface area contributed by atoms with E-state index in [1.54, 1.807) is 6.92 Å². The second kappa shape index (κ2) is 5.88. The molecule has 6 heteroatoms. The predicted octanol–water partition coefficient (Wildman–Crippen LogP) is 1.15. The molecular weight excluding hydrogens is 230 g/mol. The van der Waals surface area contributed by atoms with Crippen LogP contribution in [0.15, 0.2) is 5.51 Å². The van der Waals surface area contributed by atoms with Crippen molar-refractivity contribution in [2.24, 2.45) is 0 Å². The number of hydrogen-bond donors (Lipinski definition) is 1. The van der Waals surface area contributed by atoms with Crippen molar-refractivity contribution >= 4 is 23.3 Å². The van der Waals surface area contributed by atoms with Crippen LogP contribution in [0.25, 0.3) is 0 Å². The van der Waals surface area contributed by atoms with E-state index in [0.29, 0.717) is 11.5 Å². The quantitative estimate of drug-likeness (QED) is 0.632. The van der Waals surface area contributed by atoms with Gasteiger partial charge in [0, 0.05) is 0 Å². The lowest BCUT2D eigenvalue weighted by atomic mass is 10.3. The van der Waals surface area contributed by atoms with Gasteiger partial charge in [0.2, 0.25) is 0 Å². The van der Waals surface area contributed by atoms with Crippen LogP contribution in [-0.4, -0.2) is 28.6 Å². The number of thiazole rings is 1. The fourth-order valence-corrected chi connectivity index (χ4v) is 1.54. The Kier molecular flexibility index (Phi) is 4.48. The number of hydrogen-bond acceptors (Lipinski definition) is 5. The number of esters is 1. The molecule has 0 saturated carbocycles. The number of carboxylic acids is 1. The molecule has 1 N–H and O–H groups in total. The summed E-state index contributed by atoms with van der Waals surface area (Å²) in [6.45, 7) is 2.01. The molecular formula is C10H9NO4S. The molecule has 84 valence electrons.